The quantitative estimate of drug-likeness (QED) is 0.901. The van der Waals surface area contributed by atoms with Crippen LogP contribution in [0.5, 0.6) is 5.75 Å². The molecule has 2 rings (SSSR count). The highest BCUT2D eigenvalue weighted by Gasteiger charge is 2.09. The molecule has 19 heavy (non-hydrogen) atoms. The first-order chi connectivity index (χ1) is 9.11. The summed E-state index contributed by atoms with van der Waals surface area (Å²) in [6.07, 6.45) is 0. The molecule has 5 heteroatoms. The van der Waals surface area contributed by atoms with Crippen molar-refractivity contribution in [3.63, 3.8) is 0 Å². The van der Waals surface area contributed by atoms with E-state index in [2.05, 4.69) is 21.2 Å². The van der Waals surface area contributed by atoms with Gasteiger partial charge < -0.3 is 10.1 Å². The van der Waals surface area contributed by atoms with Gasteiger partial charge in [-0.1, -0.05) is 22.0 Å². The van der Waals surface area contributed by atoms with E-state index in [1.54, 1.807) is 12.1 Å². The van der Waals surface area contributed by atoms with Gasteiger partial charge in [0.05, 0.1) is 12.8 Å². The summed E-state index contributed by atoms with van der Waals surface area (Å²) in [7, 11) is 1.54. The van der Waals surface area contributed by atoms with E-state index >= 15 is 0 Å². The Morgan fingerprint density at radius 1 is 1.16 bits per heavy atom. The first-order valence-corrected chi connectivity index (χ1v) is 6.41. The summed E-state index contributed by atoms with van der Waals surface area (Å²) >= 11 is 3.34. The summed E-state index contributed by atoms with van der Waals surface area (Å²) in [6, 6.07) is 9.19. The van der Waals surface area contributed by atoms with Crippen LogP contribution in [0.4, 0.5) is 14.5 Å². The zero-order valence-corrected chi connectivity index (χ0v) is 11.8. The van der Waals surface area contributed by atoms with Crippen molar-refractivity contribution >= 4 is 21.6 Å². The van der Waals surface area contributed by atoms with Gasteiger partial charge in [0.2, 0.25) is 0 Å². The molecule has 0 amide bonds. The van der Waals surface area contributed by atoms with E-state index in [0.717, 1.165) is 4.47 Å². The Kier molecular flexibility index (Phi) is 4.37. The maximum atomic E-state index is 13.5. The molecule has 1 N–H and O–H groups in total. The fourth-order valence-corrected chi connectivity index (χ4v) is 2.06. The molecule has 2 nitrogen and oxygen atoms in total. The van der Waals surface area contributed by atoms with Gasteiger partial charge in [0.25, 0.3) is 0 Å². The van der Waals surface area contributed by atoms with E-state index in [1.807, 2.05) is 6.07 Å². The third-order valence-electron chi connectivity index (χ3n) is 2.68. The molecule has 0 saturated carbocycles. The van der Waals surface area contributed by atoms with Crippen LogP contribution in [0.25, 0.3) is 0 Å². The Bertz CT molecular complexity index is 569. The van der Waals surface area contributed by atoms with Crippen LogP contribution in [0.15, 0.2) is 40.9 Å². The molecule has 0 radical (unpaired) electrons. The zero-order valence-electron chi connectivity index (χ0n) is 10.2. The summed E-state index contributed by atoms with van der Waals surface area (Å²) in [5.74, 6) is -0.525. The SMILES string of the molecule is COc1ccc(Br)cc1NCc1c(F)cccc1F. The normalized spacial score (nSPS) is 10.3. The van der Waals surface area contributed by atoms with Crippen LogP contribution in [0.1, 0.15) is 5.56 Å². The number of hydrogen-bond acceptors (Lipinski definition) is 2. The topological polar surface area (TPSA) is 21.3 Å². The maximum absolute atomic E-state index is 13.5. The van der Waals surface area contributed by atoms with Gasteiger partial charge in [-0.05, 0) is 30.3 Å². The number of anilines is 1. The Hall–Kier alpha value is -1.62. The highest BCUT2D eigenvalue weighted by Crippen LogP contribution is 2.28. The zero-order chi connectivity index (χ0) is 13.8. The molecule has 0 aromatic heterocycles. The monoisotopic (exact) mass is 327 g/mol. The smallest absolute Gasteiger partial charge is 0.142 e. The summed E-state index contributed by atoms with van der Waals surface area (Å²) in [6.45, 7) is 0.0469. The summed E-state index contributed by atoms with van der Waals surface area (Å²) in [5, 5.41) is 2.97. The van der Waals surface area contributed by atoms with Crippen molar-refractivity contribution < 1.29 is 13.5 Å². The van der Waals surface area contributed by atoms with Crippen LogP contribution in [0, 0.1) is 11.6 Å². The minimum Gasteiger partial charge on any atom is -0.495 e. The summed E-state index contributed by atoms with van der Waals surface area (Å²) < 4.78 is 33.0. The van der Waals surface area contributed by atoms with Gasteiger partial charge in [0, 0.05) is 16.6 Å². The van der Waals surface area contributed by atoms with Crippen molar-refractivity contribution in [1.82, 2.24) is 0 Å². The average Bonchev–Trinajstić information content (AvgIpc) is 2.38. The minimum atomic E-state index is -0.568. The molecule has 0 aliphatic heterocycles. The molecule has 100 valence electrons. The van der Waals surface area contributed by atoms with Crippen molar-refractivity contribution in [2.24, 2.45) is 0 Å². The lowest BCUT2D eigenvalue weighted by molar-refractivity contribution is 0.416. The average molecular weight is 328 g/mol. The highest BCUT2D eigenvalue weighted by atomic mass is 79.9. The number of benzene rings is 2. The van der Waals surface area contributed by atoms with Crippen LogP contribution < -0.4 is 10.1 Å². The Morgan fingerprint density at radius 2 is 1.84 bits per heavy atom. The van der Waals surface area contributed by atoms with Gasteiger partial charge in [-0.3, -0.25) is 0 Å². The van der Waals surface area contributed by atoms with Crippen molar-refractivity contribution in [1.29, 1.82) is 0 Å². The molecular formula is C14H12BrF2NO. The van der Waals surface area contributed by atoms with Gasteiger partial charge >= 0.3 is 0 Å². The van der Waals surface area contributed by atoms with E-state index in [-0.39, 0.29) is 12.1 Å². The molecule has 0 spiro atoms. The molecule has 0 unspecified atom stereocenters. The van der Waals surface area contributed by atoms with E-state index < -0.39 is 11.6 Å². The van der Waals surface area contributed by atoms with E-state index in [1.165, 1.54) is 25.3 Å². The second-order valence-corrected chi connectivity index (χ2v) is 4.81. The van der Waals surface area contributed by atoms with Crippen molar-refractivity contribution in [2.45, 2.75) is 6.54 Å². The summed E-state index contributed by atoms with van der Waals surface area (Å²) in [5.41, 5.74) is 0.670. The lowest BCUT2D eigenvalue weighted by Gasteiger charge is -2.12. The molecule has 2 aromatic carbocycles. The molecule has 0 heterocycles. The molecule has 2 aromatic rings. The molecule has 0 saturated heterocycles. The number of methoxy groups -OCH3 is 1. The fourth-order valence-electron chi connectivity index (χ4n) is 1.70. The van der Waals surface area contributed by atoms with Crippen LogP contribution in [0.3, 0.4) is 0 Å². The number of rotatable bonds is 4. The maximum Gasteiger partial charge on any atom is 0.142 e. The lowest BCUT2D eigenvalue weighted by atomic mass is 10.2. The number of nitrogens with one attached hydrogen (secondary N) is 1. The molecule has 0 atom stereocenters. The van der Waals surface area contributed by atoms with Crippen LogP contribution in [-0.4, -0.2) is 7.11 Å². The van der Waals surface area contributed by atoms with Gasteiger partial charge in [-0.2, -0.15) is 0 Å². The Balaban J connectivity index is 2.21. The van der Waals surface area contributed by atoms with E-state index in [4.69, 9.17) is 4.74 Å². The Morgan fingerprint density at radius 3 is 2.47 bits per heavy atom. The number of halogens is 3. The fraction of sp³-hybridized carbons (Fsp3) is 0.143. The van der Waals surface area contributed by atoms with E-state index in [9.17, 15) is 8.78 Å². The molecule has 0 bridgehead atoms. The predicted molar refractivity (Wildman–Crippen MR) is 74.4 cm³/mol. The van der Waals surface area contributed by atoms with Gasteiger partial charge in [-0.25, -0.2) is 8.78 Å². The van der Waals surface area contributed by atoms with E-state index in [0.29, 0.717) is 11.4 Å². The largest absolute Gasteiger partial charge is 0.495 e. The first kappa shape index (κ1) is 13.8. The molecule has 0 aliphatic rings. The van der Waals surface area contributed by atoms with Crippen molar-refractivity contribution in [3.05, 3.63) is 58.1 Å². The van der Waals surface area contributed by atoms with Crippen molar-refractivity contribution in [3.8, 4) is 5.75 Å². The van der Waals surface area contributed by atoms with Gasteiger partial charge in [0.15, 0.2) is 0 Å². The summed E-state index contributed by atoms with van der Waals surface area (Å²) in [4.78, 5) is 0. The molecule has 0 aliphatic carbocycles. The van der Waals surface area contributed by atoms with Gasteiger partial charge in [0.1, 0.15) is 17.4 Å². The second-order valence-electron chi connectivity index (χ2n) is 3.90. The third-order valence-corrected chi connectivity index (χ3v) is 3.17. The second kappa shape index (κ2) is 6.02. The third kappa shape index (κ3) is 3.23. The lowest BCUT2D eigenvalue weighted by Crippen LogP contribution is -2.05. The van der Waals surface area contributed by atoms with Gasteiger partial charge in [-0.15, -0.1) is 0 Å². The van der Waals surface area contributed by atoms with Crippen LogP contribution >= 0.6 is 15.9 Å². The van der Waals surface area contributed by atoms with Crippen LogP contribution in [-0.2, 0) is 6.54 Å². The van der Waals surface area contributed by atoms with Crippen molar-refractivity contribution in [2.75, 3.05) is 12.4 Å². The standard InChI is InChI=1S/C14H12BrF2NO/c1-19-14-6-5-9(15)7-13(14)18-8-10-11(16)3-2-4-12(10)17/h2-7,18H,8H2,1H3. The minimum absolute atomic E-state index is 0.00419. The molecule has 0 fully saturated rings. The molecular weight excluding hydrogens is 316 g/mol. The highest BCUT2D eigenvalue weighted by molar-refractivity contribution is 9.10. The first-order valence-electron chi connectivity index (χ1n) is 5.62. The predicted octanol–water partition coefficient (Wildman–Crippen LogP) is 4.35. The number of ether oxygens (including phenoxy) is 1. The number of hydrogen-bond donors (Lipinski definition) is 1. The Labute approximate surface area is 118 Å². The van der Waals surface area contributed by atoms with Crippen LogP contribution in [0.2, 0.25) is 0 Å².